The van der Waals surface area contributed by atoms with E-state index in [1.165, 1.54) is 19.2 Å². The highest BCUT2D eigenvalue weighted by molar-refractivity contribution is 6.30. The van der Waals surface area contributed by atoms with Crippen LogP contribution in [0.3, 0.4) is 0 Å². The van der Waals surface area contributed by atoms with Crippen molar-refractivity contribution in [3.05, 3.63) is 40.9 Å². The summed E-state index contributed by atoms with van der Waals surface area (Å²) in [4.78, 5) is 15.3. The van der Waals surface area contributed by atoms with Crippen molar-refractivity contribution in [2.45, 2.75) is 13.1 Å². The van der Waals surface area contributed by atoms with E-state index in [9.17, 15) is 18.0 Å². The maximum absolute atomic E-state index is 13.2. The molecule has 2 aromatic rings. The van der Waals surface area contributed by atoms with E-state index in [4.69, 9.17) is 11.6 Å². The molecule has 0 unspecified atom stereocenters. The lowest BCUT2D eigenvalue weighted by molar-refractivity contribution is -0.143. The molecule has 0 bridgehead atoms. The number of rotatable bonds is 3. The molecule has 9 heteroatoms. The Balaban J connectivity index is 2.60. The number of halogens is 4. The first-order valence-corrected chi connectivity index (χ1v) is 6.15. The van der Waals surface area contributed by atoms with Crippen molar-refractivity contribution < 1.29 is 22.7 Å². The molecule has 0 fully saturated rings. The Bertz CT molecular complexity index is 670. The number of ether oxygens (including phenoxy) is 1. The van der Waals surface area contributed by atoms with E-state index in [1.807, 2.05) is 0 Å². The Kier molecular flexibility index (Phi) is 4.17. The van der Waals surface area contributed by atoms with Crippen LogP contribution in [0.4, 0.5) is 13.2 Å². The minimum atomic E-state index is -4.79. The van der Waals surface area contributed by atoms with Gasteiger partial charge in [-0.25, -0.2) is 9.48 Å². The van der Waals surface area contributed by atoms with Crippen molar-refractivity contribution in [1.29, 1.82) is 0 Å². The van der Waals surface area contributed by atoms with Crippen LogP contribution in [0.5, 0.6) is 0 Å². The van der Waals surface area contributed by atoms with E-state index < -0.39 is 23.4 Å². The molecule has 112 valence electrons. The quantitative estimate of drug-likeness (QED) is 0.816. The zero-order chi connectivity index (χ0) is 15.6. The average molecular weight is 320 g/mol. The number of carbonyl (C=O) groups excluding carboxylic acids is 1. The molecule has 0 saturated carbocycles. The molecule has 2 rings (SSSR count). The molecule has 0 saturated heterocycles. The molecule has 0 N–H and O–H groups in total. The summed E-state index contributed by atoms with van der Waals surface area (Å²) in [6, 6.07) is 1.26. The molecule has 0 spiro atoms. The first kappa shape index (κ1) is 15.3. The fraction of sp³-hybridized carbons (Fsp3) is 0.250. The van der Waals surface area contributed by atoms with Gasteiger partial charge in [-0.2, -0.15) is 18.3 Å². The average Bonchev–Trinajstić information content (AvgIpc) is 2.83. The highest BCUT2D eigenvalue weighted by Gasteiger charge is 2.41. The summed E-state index contributed by atoms with van der Waals surface area (Å²) >= 11 is 5.70. The van der Waals surface area contributed by atoms with Gasteiger partial charge in [0.25, 0.3) is 0 Å². The Hall–Kier alpha value is -2.09. The molecule has 0 aliphatic carbocycles. The van der Waals surface area contributed by atoms with Crippen LogP contribution in [-0.4, -0.2) is 27.3 Å². The second-order valence-corrected chi connectivity index (χ2v) is 4.33. The lowest BCUT2D eigenvalue weighted by Gasteiger charge is -2.12. The van der Waals surface area contributed by atoms with Crippen LogP contribution in [0.15, 0.2) is 24.7 Å². The van der Waals surface area contributed by atoms with Gasteiger partial charge in [0.2, 0.25) is 0 Å². The van der Waals surface area contributed by atoms with Crippen molar-refractivity contribution >= 4 is 17.6 Å². The molecule has 0 aromatic carbocycles. The highest BCUT2D eigenvalue weighted by Crippen LogP contribution is 2.34. The molecule has 0 atom stereocenters. The zero-order valence-corrected chi connectivity index (χ0v) is 11.4. The van der Waals surface area contributed by atoms with Gasteiger partial charge < -0.3 is 4.74 Å². The lowest BCUT2D eigenvalue weighted by atomic mass is 10.2. The first-order chi connectivity index (χ1) is 9.84. The van der Waals surface area contributed by atoms with E-state index in [-0.39, 0.29) is 17.3 Å². The maximum Gasteiger partial charge on any atom is 0.434 e. The minimum Gasteiger partial charge on any atom is -0.462 e. The molecule has 5 nitrogen and oxygen atoms in total. The monoisotopic (exact) mass is 319 g/mol. The minimum absolute atomic E-state index is 0.00891. The maximum atomic E-state index is 13.2. The Morgan fingerprint density at radius 3 is 2.67 bits per heavy atom. The molecule has 2 aromatic heterocycles. The largest absolute Gasteiger partial charge is 0.462 e. The standard InChI is InChI=1S/C12H9ClF3N3O2/c1-2-21-11(20)9-6-18-19(10(9)12(14,15)16)8-3-7(13)4-17-5-8/h3-6H,2H2,1H3. The van der Waals surface area contributed by atoms with Gasteiger partial charge in [0.1, 0.15) is 5.56 Å². The highest BCUT2D eigenvalue weighted by atomic mass is 35.5. The third-order valence-electron chi connectivity index (χ3n) is 2.47. The molecule has 0 aliphatic rings. The van der Waals surface area contributed by atoms with Crippen molar-refractivity contribution in [3.8, 4) is 5.69 Å². The molecule has 0 radical (unpaired) electrons. The Morgan fingerprint density at radius 1 is 1.38 bits per heavy atom. The normalized spacial score (nSPS) is 11.5. The summed E-state index contributed by atoms with van der Waals surface area (Å²) in [5.41, 5.74) is -1.90. The number of carbonyl (C=O) groups is 1. The Labute approximate surface area is 122 Å². The number of pyridine rings is 1. The number of nitrogens with zero attached hydrogens (tertiary/aromatic N) is 3. The second kappa shape index (κ2) is 5.72. The topological polar surface area (TPSA) is 57.0 Å². The fourth-order valence-electron chi connectivity index (χ4n) is 1.69. The first-order valence-electron chi connectivity index (χ1n) is 5.78. The van der Waals surface area contributed by atoms with Crippen molar-refractivity contribution in [1.82, 2.24) is 14.8 Å². The van der Waals surface area contributed by atoms with Crippen LogP contribution >= 0.6 is 11.6 Å². The summed E-state index contributed by atoms with van der Waals surface area (Å²) in [6.07, 6.45) is -1.56. The van der Waals surface area contributed by atoms with Crippen molar-refractivity contribution in [2.24, 2.45) is 0 Å². The van der Waals surface area contributed by atoms with Gasteiger partial charge in [-0.15, -0.1) is 0 Å². The number of hydrogen-bond acceptors (Lipinski definition) is 4. The van der Waals surface area contributed by atoms with E-state index in [2.05, 4.69) is 14.8 Å². The molecule has 0 amide bonds. The lowest BCUT2D eigenvalue weighted by Crippen LogP contribution is -2.18. The summed E-state index contributed by atoms with van der Waals surface area (Å²) in [6.45, 7) is 1.45. The number of alkyl halides is 3. The summed E-state index contributed by atoms with van der Waals surface area (Å²) in [7, 11) is 0. The van der Waals surface area contributed by atoms with Crippen LogP contribution in [-0.2, 0) is 10.9 Å². The van der Waals surface area contributed by atoms with Crippen LogP contribution in [0.25, 0.3) is 5.69 Å². The fourth-order valence-corrected chi connectivity index (χ4v) is 1.86. The summed E-state index contributed by atoms with van der Waals surface area (Å²) < 4.78 is 44.8. The molecule has 2 heterocycles. The molecular formula is C12H9ClF3N3O2. The molecule has 0 aliphatic heterocycles. The van der Waals surface area contributed by atoms with E-state index >= 15 is 0 Å². The van der Waals surface area contributed by atoms with Gasteiger partial charge in [-0.1, -0.05) is 11.6 Å². The van der Waals surface area contributed by atoms with Gasteiger partial charge >= 0.3 is 12.1 Å². The van der Waals surface area contributed by atoms with Gasteiger partial charge in [-0.3, -0.25) is 4.98 Å². The van der Waals surface area contributed by atoms with Gasteiger partial charge in [-0.05, 0) is 13.0 Å². The Morgan fingerprint density at radius 2 is 2.10 bits per heavy atom. The zero-order valence-electron chi connectivity index (χ0n) is 10.7. The van der Waals surface area contributed by atoms with Gasteiger partial charge in [0.05, 0.1) is 29.7 Å². The number of esters is 1. The van der Waals surface area contributed by atoms with Crippen LogP contribution < -0.4 is 0 Å². The van der Waals surface area contributed by atoms with Crippen molar-refractivity contribution in [2.75, 3.05) is 6.61 Å². The van der Waals surface area contributed by atoms with Crippen LogP contribution in [0.2, 0.25) is 5.02 Å². The molecule has 21 heavy (non-hydrogen) atoms. The van der Waals surface area contributed by atoms with Crippen LogP contribution in [0, 0.1) is 0 Å². The van der Waals surface area contributed by atoms with Crippen molar-refractivity contribution in [3.63, 3.8) is 0 Å². The van der Waals surface area contributed by atoms with Gasteiger partial charge in [0, 0.05) is 6.20 Å². The van der Waals surface area contributed by atoms with E-state index in [0.29, 0.717) is 4.68 Å². The third-order valence-corrected chi connectivity index (χ3v) is 2.67. The SMILES string of the molecule is CCOC(=O)c1cnn(-c2cncc(Cl)c2)c1C(F)(F)F. The summed E-state index contributed by atoms with van der Waals surface area (Å²) in [5, 5.41) is 3.74. The third kappa shape index (κ3) is 3.15. The second-order valence-electron chi connectivity index (χ2n) is 3.90. The van der Waals surface area contributed by atoms with E-state index in [0.717, 1.165) is 12.4 Å². The summed E-state index contributed by atoms with van der Waals surface area (Å²) in [5.74, 6) is -1.09. The predicted octanol–water partition coefficient (Wildman–Crippen LogP) is 3.12. The smallest absolute Gasteiger partial charge is 0.434 e. The predicted molar refractivity (Wildman–Crippen MR) is 67.3 cm³/mol. The number of hydrogen-bond donors (Lipinski definition) is 0. The number of aromatic nitrogens is 3. The van der Waals surface area contributed by atoms with Crippen LogP contribution in [0.1, 0.15) is 23.0 Å². The molecular weight excluding hydrogens is 311 g/mol. The van der Waals surface area contributed by atoms with Gasteiger partial charge in [0.15, 0.2) is 5.69 Å². The van der Waals surface area contributed by atoms with E-state index in [1.54, 1.807) is 0 Å².